The molecule has 0 unspecified atom stereocenters. The summed E-state index contributed by atoms with van der Waals surface area (Å²) in [5.41, 5.74) is 4.05. The number of benzene rings is 2. The van der Waals surface area contributed by atoms with Gasteiger partial charge in [-0.15, -0.1) is 0 Å². The number of aryl methyl sites for hydroxylation is 3. The number of carbonyl (C=O) groups is 1. The highest BCUT2D eigenvalue weighted by Gasteiger charge is 2.26. The van der Waals surface area contributed by atoms with Crippen molar-refractivity contribution in [2.45, 2.75) is 40.2 Å². The molecule has 146 valence electrons. The van der Waals surface area contributed by atoms with Gasteiger partial charge in [0, 0.05) is 12.1 Å². The number of carbonyl (C=O) groups excluding carboxylic acids is 1. The maximum absolute atomic E-state index is 13.2. The molecule has 1 amide bonds. The molecule has 0 N–H and O–H groups in total. The molecule has 0 aliphatic heterocycles. The summed E-state index contributed by atoms with van der Waals surface area (Å²) < 4.78 is 11.1. The van der Waals surface area contributed by atoms with E-state index in [2.05, 4.69) is 13.0 Å². The second kappa shape index (κ2) is 9.77. The molecule has 2 aromatic carbocycles. The monoisotopic (exact) mass is 389 g/mol. The first-order valence-corrected chi connectivity index (χ1v) is 9.55. The maximum atomic E-state index is 13.2. The van der Waals surface area contributed by atoms with Gasteiger partial charge in [0.2, 0.25) is 0 Å². The molecular weight excluding hydrogens is 362 g/mol. The fraction of sp³-hybridized carbons (Fsp3) is 0.409. The Labute approximate surface area is 167 Å². The molecule has 0 saturated carbocycles. The average molecular weight is 390 g/mol. The Kier molecular flexibility index (Phi) is 7.69. The second-order valence-electron chi connectivity index (χ2n) is 6.70. The molecule has 0 heterocycles. The molecule has 4 nitrogen and oxygen atoms in total. The van der Waals surface area contributed by atoms with Gasteiger partial charge < -0.3 is 14.4 Å². The first-order chi connectivity index (χ1) is 12.9. The minimum absolute atomic E-state index is 0.0476. The van der Waals surface area contributed by atoms with Crippen molar-refractivity contribution < 1.29 is 14.3 Å². The first kappa shape index (κ1) is 21.3. The number of halogens is 1. The van der Waals surface area contributed by atoms with Crippen molar-refractivity contribution in [1.29, 1.82) is 0 Å². The molecule has 0 spiro atoms. The van der Waals surface area contributed by atoms with E-state index in [4.69, 9.17) is 21.1 Å². The minimum atomic E-state index is -0.108. The van der Waals surface area contributed by atoms with E-state index in [0.717, 1.165) is 28.8 Å². The molecule has 0 aliphatic carbocycles. The number of amides is 1. The van der Waals surface area contributed by atoms with Crippen LogP contribution in [0.3, 0.4) is 0 Å². The van der Waals surface area contributed by atoms with Crippen molar-refractivity contribution in [2.24, 2.45) is 0 Å². The van der Waals surface area contributed by atoms with E-state index in [0.29, 0.717) is 17.4 Å². The molecule has 5 heteroatoms. The lowest BCUT2D eigenvalue weighted by Gasteiger charge is -2.32. The van der Waals surface area contributed by atoms with Crippen LogP contribution in [-0.4, -0.2) is 32.3 Å². The number of para-hydroxylation sites is 1. The molecule has 2 rings (SSSR count). The summed E-state index contributed by atoms with van der Waals surface area (Å²) >= 11 is 5.99. The molecular formula is C22H28ClNO3. The van der Waals surface area contributed by atoms with E-state index in [9.17, 15) is 4.79 Å². The van der Waals surface area contributed by atoms with E-state index in [1.165, 1.54) is 0 Å². The number of methoxy groups -OCH3 is 1. The zero-order valence-electron chi connectivity index (χ0n) is 16.7. The summed E-state index contributed by atoms with van der Waals surface area (Å²) in [5.74, 6) is 0.561. The molecule has 27 heavy (non-hydrogen) atoms. The summed E-state index contributed by atoms with van der Waals surface area (Å²) in [6.45, 7) is 8.42. The zero-order chi connectivity index (χ0) is 20.0. The Hall–Kier alpha value is -2.04. The van der Waals surface area contributed by atoms with Crippen LogP contribution >= 0.6 is 11.6 Å². The highest BCUT2D eigenvalue weighted by atomic mass is 35.5. The van der Waals surface area contributed by atoms with Crippen LogP contribution in [-0.2, 0) is 16.0 Å². The van der Waals surface area contributed by atoms with Crippen LogP contribution < -0.4 is 9.64 Å². The minimum Gasteiger partial charge on any atom is -0.483 e. The van der Waals surface area contributed by atoms with Gasteiger partial charge in [-0.3, -0.25) is 4.79 Å². The summed E-state index contributed by atoms with van der Waals surface area (Å²) in [6, 6.07) is 11.4. The lowest BCUT2D eigenvalue weighted by Crippen LogP contribution is -2.44. The van der Waals surface area contributed by atoms with Crippen LogP contribution in [0.1, 0.15) is 30.5 Å². The van der Waals surface area contributed by atoms with Gasteiger partial charge in [-0.25, -0.2) is 0 Å². The molecule has 2 aromatic rings. The standard InChI is InChI=1S/C22H28ClNO3/c1-6-18-9-7-8-15(2)22(18)24(17(4)13-26-5)21(25)14-27-20-11-10-19(23)12-16(20)3/h7-12,17H,6,13-14H2,1-5H3/t17-/m0/s1. The Morgan fingerprint density at radius 1 is 1.19 bits per heavy atom. The third-order valence-corrected chi connectivity index (χ3v) is 4.78. The predicted octanol–water partition coefficient (Wildman–Crippen LogP) is 4.97. The molecule has 0 aromatic heterocycles. The van der Waals surface area contributed by atoms with Gasteiger partial charge in [-0.05, 0) is 62.1 Å². The number of anilines is 1. The third kappa shape index (κ3) is 5.24. The molecule has 0 radical (unpaired) electrons. The van der Waals surface area contributed by atoms with Crippen LogP contribution in [0.4, 0.5) is 5.69 Å². The normalized spacial score (nSPS) is 11.9. The van der Waals surface area contributed by atoms with Gasteiger partial charge in [-0.2, -0.15) is 0 Å². The van der Waals surface area contributed by atoms with E-state index < -0.39 is 0 Å². The van der Waals surface area contributed by atoms with Crippen LogP contribution in [0.2, 0.25) is 5.02 Å². The van der Waals surface area contributed by atoms with Crippen LogP contribution in [0.15, 0.2) is 36.4 Å². The Balaban J connectivity index is 2.30. The van der Waals surface area contributed by atoms with Gasteiger partial charge in [0.05, 0.1) is 18.3 Å². The molecule has 0 fully saturated rings. The Morgan fingerprint density at radius 2 is 1.93 bits per heavy atom. The van der Waals surface area contributed by atoms with Crippen LogP contribution in [0.5, 0.6) is 5.75 Å². The molecule has 0 aliphatic rings. The Morgan fingerprint density at radius 3 is 2.56 bits per heavy atom. The van der Waals surface area contributed by atoms with Crippen molar-refractivity contribution in [3.63, 3.8) is 0 Å². The van der Waals surface area contributed by atoms with Crippen molar-refractivity contribution in [3.8, 4) is 5.75 Å². The quantitative estimate of drug-likeness (QED) is 0.640. The SMILES string of the molecule is CCc1cccc(C)c1N(C(=O)COc1ccc(Cl)cc1C)[C@@H](C)COC. The summed E-state index contributed by atoms with van der Waals surface area (Å²) in [7, 11) is 1.64. The maximum Gasteiger partial charge on any atom is 0.265 e. The van der Waals surface area contributed by atoms with Gasteiger partial charge in [0.25, 0.3) is 5.91 Å². The molecule has 0 saturated heterocycles. The summed E-state index contributed by atoms with van der Waals surface area (Å²) in [4.78, 5) is 15.0. The largest absolute Gasteiger partial charge is 0.483 e. The van der Waals surface area contributed by atoms with Crippen molar-refractivity contribution in [1.82, 2.24) is 0 Å². The smallest absolute Gasteiger partial charge is 0.265 e. The van der Waals surface area contributed by atoms with Crippen LogP contribution in [0, 0.1) is 13.8 Å². The van der Waals surface area contributed by atoms with Crippen LogP contribution in [0.25, 0.3) is 0 Å². The number of hydrogen-bond acceptors (Lipinski definition) is 3. The topological polar surface area (TPSA) is 38.8 Å². The highest BCUT2D eigenvalue weighted by molar-refractivity contribution is 6.30. The Bertz CT molecular complexity index is 791. The molecule has 0 bridgehead atoms. The number of ether oxygens (including phenoxy) is 2. The van der Waals surface area contributed by atoms with Crippen molar-refractivity contribution >= 4 is 23.2 Å². The van der Waals surface area contributed by atoms with E-state index >= 15 is 0 Å². The van der Waals surface area contributed by atoms with E-state index in [1.54, 1.807) is 19.2 Å². The fourth-order valence-corrected chi connectivity index (χ4v) is 3.47. The van der Waals surface area contributed by atoms with Gasteiger partial charge >= 0.3 is 0 Å². The lowest BCUT2D eigenvalue weighted by molar-refractivity contribution is -0.121. The molecule has 1 atom stereocenters. The first-order valence-electron chi connectivity index (χ1n) is 9.17. The van der Waals surface area contributed by atoms with Crippen molar-refractivity contribution in [3.05, 3.63) is 58.1 Å². The van der Waals surface area contributed by atoms with E-state index in [-0.39, 0.29) is 18.6 Å². The second-order valence-corrected chi connectivity index (χ2v) is 7.14. The predicted molar refractivity (Wildman–Crippen MR) is 111 cm³/mol. The fourth-order valence-electron chi connectivity index (χ4n) is 3.24. The third-order valence-electron chi connectivity index (χ3n) is 4.55. The average Bonchev–Trinajstić information content (AvgIpc) is 2.62. The summed E-state index contributed by atoms with van der Waals surface area (Å²) in [5, 5.41) is 0.647. The summed E-state index contributed by atoms with van der Waals surface area (Å²) in [6.07, 6.45) is 0.845. The van der Waals surface area contributed by atoms with Gasteiger partial charge in [0.15, 0.2) is 6.61 Å². The van der Waals surface area contributed by atoms with E-state index in [1.807, 2.05) is 43.9 Å². The van der Waals surface area contributed by atoms with Crippen molar-refractivity contribution in [2.75, 3.05) is 25.2 Å². The van der Waals surface area contributed by atoms with Gasteiger partial charge in [0.1, 0.15) is 5.75 Å². The zero-order valence-corrected chi connectivity index (χ0v) is 17.5. The van der Waals surface area contributed by atoms with Gasteiger partial charge in [-0.1, -0.05) is 36.7 Å². The number of rotatable bonds is 8. The highest BCUT2D eigenvalue weighted by Crippen LogP contribution is 2.28. The number of nitrogens with zero attached hydrogens (tertiary/aromatic N) is 1. The number of hydrogen-bond donors (Lipinski definition) is 0. The lowest BCUT2D eigenvalue weighted by atomic mass is 10.0.